The van der Waals surface area contributed by atoms with Gasteiger partial charge in [0.15, 0.2) is 36.3 Å². The van der Waals surface area contributed by atoms with Gasteiger partial charge in [0.05, 0.1) is 26.2 Å². The number of carbonyl (C=O) groups excluding carboxylic acids is 1. The van der Waals surface area contributed by atoms with E-state index in [1.54, 1.807) is 0 Å². The van der Waals surface area contributed by atoms with E-state index in [4.69, 9.17) is 48.4 Å². The Bertz CT molecular complexity index is 1650. The lowest BCUT2D eigenvalue weighted by molar-refractivity contribution is -0.132. The van der Waals surface area contributed by atoms with Gasteiger partial charge in [-0.3, -0.25) is 23.8 Å². The molecule has 2 aromatic rings. The van der Waals surface area contributed by atoms with Crippen molar-refractivity contribution in [1.29, 1.82) is 0 Å². The van der Waals surface area contributed by atoms with Crippen LogP contribution in [0.2, 0.25) is 0 Å². The Kier molecular flexibility index (Phi) is 7.81. The molecule has 0 aromatic carbocycles. The second-order valence-electron chi connectivity index (χ2n) is 10.7. The summed E-state index contributed by atoms with van der Waals surface area (Å²) in [7, 11) is 2.28. The lowest BCUT2D eigenvalue weighted by Crippen LogP contribution is -2.60. The third-order valence-corrected chi connectivity index (χ3v) is 10.0. The van der Waals surface area contributed by atoms with E-state index in [1.165, 1.54) is 10.9 Å². The molecule has 0 saturated carbocycles. The number of alkyl halides is 2. The van der Waals surface area contributed by atoms with Crippen molar-refractivity contribution in [2.45, 2.75) is 55.4 Å². The van der Waals surface area contributed by atoms with Crippen molar-refractivity contribution in [2.24, 2.45) is 5.92 Å². The van der Waals surface area contributed by atoms with Crippen LogP contribution in [-0.4, -0.2) is 114 Å². The predicted octanol–water partition coefficient (Wildman–Crippen LogP) is -0.177. The Morgan fingerprint density at radius 3 is 2.27 bits per heavy atom. The number of nitrogens with one attached hydrogen (secondary N) is 2. The molecule has 5 aliphatic heterocycles. The number of imidazole rings is 1. The van der Waals surface area contributed by atoms with Crippen molar-refractivity contribution in [1.82, 2.24) is 35.1 Å². The van der Waals surface area contributed by atoms with Crippen molar-refractivity contribution in [3.05, 3.63) is 24.7 Å². The van der Waals surface area contributed by atoms with Gasteiger partial charge in [-0.25, -0.2) is 28.1 Å². The third-order valence-electron chi connectivity index (χ3n) is 7.93. The molecule has 7 heterocycles. The Hall–Kier alpha value is -2.54. The van der Waals surface area contributed by atoms with Crippen molar-refractivity contribution < 1.29 is 54.7 Å². The van der Waals surface area contributed by atoms with Crippen LogP contribution >= 0.6 is 14.9 Å². The number of fused-ring (bicyclic) bond motifs is 4. The molecule has 7 rings (SSSR count). The molecule has 45 heavy (non-hydrogen) atoms. The Balaban J connectivity index is 1.13. The third kappa shape index (κ3) is 5.49. The van der Waals surface area contributed by atoms with Crippen molar-refractivity contribution >= 4 is 53.0 Å². The molecule has 24 heteroatoms. The number of anilines is 1. The average Bonchev–Trinajstić information content (AvgIpc) is 3.71. The zero-order valence-electron chi connectivity index (χ0n) is 22.8. The van der Waals surface area contributed by atoms with Gasteiger partial charge in [-0.15, -0.1) is 0 Å². The molecule has 4 unspecified atom stereocenters. The molecular formula is C21H23B2F3N8O9P2. The molecule has 0 bridgehead atoms. The summed E-state index contributed by atoms with van der Waals surface area (Å²) in [5.74, 6) is -2.76. The second kappa shape index (κ2) is 11.3. The Morgan fingerprint density at radius 1 is 0.978 bits per heavy atom. The van der Waals surface area contributed by atoms with E-state index in [9.17, 15) is 18.3 Å². The summed E-state index contributed by atoms with van der Waals surface area (Å²) in [4.78, 5) is 25.2. The van der Waals surface area contributed by atoms with E-state index >= 15 is 8.78 Å². The lowest BCUT2D eigenvalue weighted by Gasteiger charge is -2.37. The Labute approximate surface area is 254 Å². The van der Waals surface area contributed by atoms with Crippen molar-refractivity contribution in [2.75, 3.05) is 25.6 Å². The van der Waals surface area contributed by atoms with Crippen LogP contribution < -0.4 is 16.4 Å². The van der Waals surface area contributed by atoms with Gasteiger partial charge in [-0.05, 0) is 0 Å². The molecule has 0 spiro atoms. The van der Waals surface area contributed by atoms with E-state index in [2.05, 4.69) is 25.6 Å². The maximum absolute atomic E-state index is 16.0. The smallest absolute Gasteiger partial charge is 0.264 e. The summed E-state index contributed by atoms with van der Waals surface area (Å²) in [6.45, 7) is -1.59. The highest BCUT2D eigenvalue weighted by molar-refractivity contribution is 7.79. The first-order valence-electron chi connectivity index (χ1n) is 13.4. The van der Waals surface area contributed by atoms with Crippen LogP contribution in [0.3, 0.4) is 0 Å². The van der Waals surface area contributed by atoms with Gasteiger partial charge in [-0.2, -0.15) is 0 Å². The van der Waals surface area contributed by atoms with Gasteiger partial charge in [-0.1, -0.05) is 0 Å². The second-order valence-corrected chi connectivity index (χ2v) is 13.8. The predicted molar refractivity (Wildman–Crippen MR) is 145 cm³/mol. The topological polar surface area (TPSA) is 204 Å². The van der Waals surface area contributed by atoms with Gasteiger partial charge >= 0.3 is 0 Å². The fourth-order valence-electron chi connectivity index (χ4n) is 5.89. The first-order valence-corrected chi connectivity index (χ1v) is 16.7. The van der Waals surface area contributed by atoms with Crippen LogP contribution in [0.5, 0.6) is 0 Å². The van der Waals surface area contributed by atoms with Gasteiger partial charge in [0.1, 0.15) is 54.2 Å². The minimum absolute atomic E-state index is 0.0201. The molecule has 4 saturated heterocycles. The molecule has 0 aliphatic carbocycles. The Morgan fingerprint density at radius 2 is 1.60 bits per heavy atom. The van der Waals surface area contributed by atoms with Gasteiger partial charge < -0.3 is 43.5 Å². The summed E-state index contributed by atoms with van der Waals surface area (Å²) in [6, 6.07) is 0. The molecule has 2 aromatic heterocycles. The molecule has 1 amide bonds. The summed E-state index contributed by atoms with van der Waals surface area (Å²) in [5, 5.41) is 5.28. The average molecular weight is 672 g/mol. The normalized spacial score (nSPS) is 43.9. The van der Waals surface area contributed by atoms with Crippen LogP contribution in [0.4, 0.5) is 19.0 Å². The maximum atomic E-state index is 16.0. The molecule has 4 N–H and O–H groups in total. The summed E-state index contributed by atoms with van der Waals surface area (Å²) in [5.41, 5.74) is 6.07. The number of nitrogens with zero attached hydrogens (tertiary/aromatic N) is 5. The van der Waals surface area contributed by atoms with E-state index in [0.29, 0.717) is 0 Å². The number of amides is 1. The quantitative estimate of drug-likeness (QED) is 0.280. The van der Waals surface area contributed by atoms with Crippen molar-refractivity contribution in [3.63, 3.8) is 0 Å². The molecule has 17 nitrogen and oxygen atoms in total. The number of hydrogen-bond acceptors (Lipinski definition) is 15. The van der Waals surface area contributed by atoms with Gasteiger partial charge in [0.2, 0.25) is 21.0 Å². The zero-order valence-corrected chi connectivity index (χ0v) is 24.6. The monoisotopic (exact) mass is 672 g/mol. The number of hydrogen-bond donors (Lipinski definition) is 3. The number of halogens is 3. The van der Waals surface area contributed by atoms with Gasteiger partial charge in [0, 0.05) is 6.20 Å². The number of nitrogen functional groups attached to an aromatic ring is 1. The van der Waals surface area contributed by atoms with E-state index in [0.717, 1.165) is 17.4 Å². The van der Waals surface area contributed by atoms with Gasteiger partial charge in [0.25, 0.3) is 14.9 Å². The van der Waals surface area contributed by atoms with Crippen LogP contribution in [-0.2, 0) is 41.5 Å². The van der Waals surface area contributed by atoms with Crippen molar-refractivity contribution in [3.8, 4) is 0 Å². The highest BCUT2D eigenvalue weighted by Crippen LogP contribution is 2.53. The number of ether oxygens (including phenoxy) is 2. The summed E-state index contributed by atoms with van der Waals surface area (Å²) >= 11 is 0. The number of aromatic nitrogens is 4. The van der Waals surface area contributed by atoms with E-state index < -0.39 is 101 Å². The van der Waals surface area contributed by atoms with Crippen LogP contribution in [0.1, 0.15) is 6.23 Å². The highest BCUT2D eigenvalue weighted by Gasteiger charge is 2.56. The first kappa shape index (κ1) is 31.1. The molecular weight excluding hydrogens is 649 g/mol. The van der Waals surface area contributed by atoms with Crippen LogP contribution in [0.15, 0.2) is 24.7 Å². The number of nitrogens with two attached hydrogens (primary N) is 1. The van der Waals surface area contributed by atoms with E-state index in [-0.39, 0.29) is 23.7 Å². The van der Waals surface area contributed by atoms with Crippen LogP contribution in [0.25, 0.3) is 11.2 Å². The fourth-order valence-corrected chi connectivity index (χ4v) is 7.90. The summed E-state index contributed by atoms with van der Waals surface area (Å²) < 4.78 is 107. The minimum Gasteiger partial charge on any atom is -0.382 e. The van der Waals surface area contributed by atoms with E-state index in [1.807, 2.05) is 0 Å². The molecule has 4 radical (unpaired) electrons. The lowest BCUT2D eigenvalue weighted by atomic mass is 10.0. The largest absolute Gasteiger partial charge is 0.382 e. The molecule has 4 fully saturated rings. The van der Waals surface area contributed by atoms with Crippen LogP contribution in [0, 0.1) is 5.92 Å². The number of rotatable bonds is 2. The fraction of sp³-hybridized carbons (Fsp3) is 0.619. The highest BCUT2D eigenvalue weighted by atomic mass is 31.2. The molecule has 5 aliphatic rings. The minimum atomic E-state index is -4.66. The first-order chi connectivity index (χ1) is 21.3. The molecule has 238 valence electrons. The SMILES string of the molecule is [B][P@@]1(=O)OC[C@H]2O[C@@H](n3cnc4c(N)ncnc43)[C@@H](F)C2O[P@]([B])(=O)OC[C@H]2O[C@@H](N3C=C(F)C4C(=O)NCNC43)[C@@H](F)C2O1. The number of carbonyl (C=O) groups is 1. The zero-order chi connectivity index (χ0) is 31.8. The standard InChI is InChI=1S/C21H23B2F3N8O9P2/c22-44(36)39-3-9-15(12(26)21(41-9)34-6-32-13-16(27)28-4-30-18(13)34)43-45(23,37)38-2-8-14(42-44)11(25)20(40-8)33-1-7(24)10-17(33)29-5-31-19(10)35/h1,4,6,8-12,14-15,17,20-21,29H,2-3,5H2,(H,31,35)(H2,27,28,30)/t8-,9-,10?,11+,12+,14?,15?,17?,20-,21-,44-,45-/m1/s1. The maximum Gasteiger partial charge on any atom is 0.264 e. The molecule has 12 atom stereocenters. The summed E-state index contributed by atoms with van der Waals surface area (Å²) in [6.07, 6.45) is -11.7.